The molecule has 1 atom stereocenters. The van der Waals surface area contributed by atoms with Gasteiger partial charge in [-0.05, 0) is 24.6 Å². The number of rotatable bonds is 5. The monoisotopic (exact) mass is 252 g/mol. The predicted octanol–water partition coefficient (Wildman–Crippen LogP) is 1.60. The number of nitrogens with zero attached hydrogens (tertiary/aromatic N) is 1. The summed E-state index contributed by atoms with van der Waals surface area (Å²) in [7, 11) is -2.97. The molecular formula is C12H16N2O2S. The molecule has 5 heteroatoms. The van der Waals surface area contributed by atoms with Crippen LogP contribution in [-0.4, -0.2) is 26.5 Å². The number of anilines is 1. The highest BCUT2D eigenvalue weighted by atomic mass is 32.2. The molecule has 0 amide bonds. The molecule has 0 aliphatic heterocycles. The molecule has 1 unspecified atom stereocenters. The molecule has 1 rings (SSSR count). The van der Waals surface area contributed by atoms with Crippen LogP contribution in [0.4, 0.5) is 5.69 Å². The van der Waals surface area contributed by atoms with Crippen LogP contribution in [0.5, 0.6) is 0 Å². The van der Waals surface area contributed by atoms with E-state index in [0.29, 0.717) is 6.42 Å². The number of sulfone groups is 1. The van der Waals surface area contributed by atoms with Crippen molar-refractivity contribution in [1.82, 2.24) is 0 Å². The van der Waals surface area contributed by atoms with Gasteiger partial charge in [-0.25, -0.2) is 8.42 Å². The van der Waals surface area contributed by atoms with Gasteiger partial charge in [-0.1, -0.05) is 12.1 Å². The largest absolute Gasteiger partial charge is 0.382 e. The third-order valence-electron chi connectivity index (χ3n) is 2.20. The summed E-state index contributed by atoms with van der Waals surface area (Å²) in [5.41, 5.74) is 1.82. The number of hydrogen-bond donors (Lipinski definition) is 1. The molecule has 0 aliphatic carbocycles. The topological polar surface area (TPSA) is 70.0 Å². The Labute approximate surface area is 102 Å². The molecule has 0 heterocycles. The summed E-state index contributed by atoms with van der Waals surface area (Å²) < 4.78 is 22.2. The molecule has 0 fully saturated rings. The molecule has 0 aliphatic rings. The van der Waals surface area contributed by atoms with E-state index in [1.807, 2.05) is 31.2 Å². The SMILES string of the molecule is CC(CS(C)(=O)=O)Nc1ccc(CC#N)cc1. The van der Waals surface area contributed by atoms with Gasteiger partial charge in [-0.15, -0.1) is 0 Å². The number of hydrogen-bond acceptors (Lipinski definition) is 4. The lowest BCUT2D eigenvalue weighted by molar-refractivity contribution is 0.598. The molecule has 0 aromatic heterocycles. The third kappa shape index (κ3) is 5.36. The van der Waals surface area contributed by atoms with E-state index < -0.39 is 9.84 Å². The Balaban J connectivity index is 2.60. The van der Waals surface area contributed by atoms with Crippen LogP contribution in [0.2, 0.25) is 0 Å². The van der Waals surface area contributed by atoms with Gasteiger partial charge < -0.3 is 5.32 Å². The molecule has 1 aromatic carbocycles. The summed E-state index contributed by atoms with van der Waals surface area (Å²) in [6.45, 7) is 1.82. The Morgan fingerprint density at radius 1 is 1.35 bits per heavy atom. The lowest BCUT2D eigenvalue weighted by atomic mass is 10.1. The van der Waals surface area contributed by atoms with Gasteiger partial charge in [0.1, 0.15) is 9.84 Å². The Hall–Kier alpha value is -1.54. The van der Waals surface area contributed by atoms with E-state index in [0.717, 1.165) is 11.3 Å². The Morgan fingerprint density at radius 2 is 1.94 bits per heavy atom. The first-order valence-electron chi connectivity index (χ1n) is 5.31. The van der Waals surface area contributed by atoms with Gasteiger partial charge >= 0.3 is 0 Å². The lowest BCUT2D eigenvalue weighted by Crippen LogP contribution is -2.24. The van der Waals surface area contributed by atoms with Crippen LogP contribution in [0.25, 0.3) is 0 Å². The lowest BCUT2D eigenvalue weighted by Gasteiger charge is -2.14. The summed E-state index contributed by atoms with van der Waals surface area (Å²) in [6.07, 6.45) is 1.61. The highest BCUT2D eigenvalue weighted by molar-refractivity contribution is 7.90. The Morgan fingerprint density at radius 3 is 2.41 bits per heavy atom. The first kappa shape index (κ1) is 13.5. The molecule has 0 saturated heterocycles. The van der Waals surface area contributed by atoms with Crippen molar-refractivity contribution in [3.8, 4) is 6.07 Å². The second-order valence-corrected chi connectivity index (χ2v) is 6.35. The molecule has 0 bridgehead atoms. The van der Waals surface area contributed by atoms with E-state index in [1.165, 1.54) is 6.26 Å². The van der Waals surface area contributed by atoms with Crippen LogP contribution < -0.4 is 5.32 Å². The van der Waals surface area contributed by atoms with Crippen LogP contribution in [0.15, 0.2) is 24.3 Å². The van der Waals surface area contributed by atoms with Crippen molar-refractivity contribution in [2.75, 3.05) is 17.3 Å². The summed E-state index contributed by atoms with van der Waals surface area (Å²) in [4.78, 5) is 0. The first-order chi connectivity index (χ1) is 7.90. The maximum Gasteiger partial charge on any atom is 0.149 e. The van der Waals surface area contributed by atoms with E-state index in [1.54, 1.807) is 0 Å². The minimum atomic E-state index is -2.97. The van der Waals surface area contributed by atoms with Gasteiger partial charge in [0.2, 0.25) is 0 Å². The normalized spacial score (nSPS) is 12.8. The predicted molar refractivity (Wildman–Crippen MR) is 68.6 cm³/mol. The quantitative estimate of drug-likeness (QED) is 0.864. The minimum Gasteiger partial charge on any atom is -0.382 e. The molecule has 1 aromatic rings. The van der Waals surface area contributed by atoms with Crippen LogP contribution in [0.1, 0.15) is 12.5 Å². The highest BCUT2D eigenvalue weighted by Gasteiger charge is 2.09. The number of nitriles is 1. The zero-order valence-electron chi connectivity index (χ0n) is 9.97. The van der Waals surface area contributed by atoms with Crippen LogP contribution in [0, 0.1) is 11.3 Å². The maximum absolute atomic E-state index is 11.1. The van der Waals surface area contributed by atoms with Crippen molar-refractivity contribution in [1.29, 1.82) is 5.26 Å². The maximum atomic E-state index is 11.1. The molecule has 17 heavy (non-hydrogen) atoms. The van der Waals surface area contributed by atoms with Crippen LogP contribution >= 0.6 is 0 Å². The summed E-state index contributed by atoms with van der Waals surface area (Å²) >= 11 is 0. The first-order valence-corrected chi connectivity index (χ1v) is 7.37. The average molecular weight is 252 g/mol. The summed E-state index contributed by atoms with van der Waals surface area (Å²) in [5, 5.41) is 11.6. The second-order valence-electron chi connectivity index (χ2n) is 4.17. The van der Waals surface area contributed by atoms with E-state index in [4.69, 9.17) is 5.26 Å². The van der Waals surface area contributed by atoms with Gasteiger partial charge in [0.15, 0.2) is 0 Å². The van der Waals surface area contributed by atoms with Crippen molar-refractivity contribution in [2.45, 2.75) is 19.4 Å². The molecule has 4 nitrogen and oxygen atoms in total. The smallest absolute Gasteiger partial charge is 0.149 e. The molecule has 92 valence electrons. The van der Waals surface area contributed by atoms with Gasteiger partial charge in [0.25, 0.3) is 0 Å². The fourth-order valence-corrected chi connectivity index (χ4v) is 2.58. The molecule has 0 saturated carbocycles. The van der Waals surface area contributed by atoms with Crippen LogP contribution in [0.3, 0.4) is 0 Å². The third-order valence-corrected chi connectivity index (χ3v) is 3.31. The van der Waals surface area contributed by atoms with E-state index in [2.05, 4.69) is 11.4 Å². The molecule has 1 N–H and O–H groups in total. The van der Waals surface area contributed by atoms with Crippen LogP contribution in [-0.2, 0) is 16.3 Å². The average Bonchev–Trinajstić information content (AvgIpc) is 2.18. The summed E-state index contributed by atoms with van der Waals surface area (Å²) in [5.74, 6) is 0.104. The zero-order chi connectivity index (χ0) is 12.9. The Bertz CT molecular complexity index is 500. The second kappa shape index (κ2) is 5.69. The Kier molecular flexibility index (Phi) is 4.53. The van der Waals surface area contributed by atoms with Crippen molar-refractivity contribution < 1.29 is 8.42 Å². The fraction of sp³-hybridized carbons (Fsp3) is 0.417. The van der Waals surface area contributed by atoms with E-state index in [9.17, 15) is 8.42 Å². The van der Waals surface area contributed by atoms with Gasteiger partial charge in [0, 0.05) is 18.0 Å². The number of benzene rings is 1. The molecular weight excluding hydrogens is 236 g/mol. The highest BCUT2D eigenvalue weighted by Crippen LogP contribution is 2.11. The van der Waals surface area contributed by atoms with Gasteiger partial charge in [-0.3, -0.25) is 0 Å². The van der Waals surface area contributed by atoms with Crippen molar-refractivity contribution in [2.24, 2.45) is 0 Å². The standard InChI is InChI=1S/C12H16N2O2S/c1-10(9-17(2,15)16)14-12-5-3-11(4-6-12)7-8-13/h3-6,10,14H,7,9H2,1-2H3. The zero-order valence-corrected chi connectivity index (χ0v) is 10.8. The van der Waals surface area contributed by atoms with Gasteiger partial charge in [-0.2, -0.15) is 5.26 Å². The minimum absolute atomic E-state index is 0.104. The van der Waals surface area contributed by atoms with Gasteiger partial charge in [0.05, 0.1) is 18.2 Å². The van der Waals surface area contributed by atoms with Crippen molar-refractivity contribution in [3.63, 3.8) is 0 Å². The molecule has 0 spiro atoms. The molecule has 0 radical (unpaired) electrons. The van der Waals surface area contributed by atoms with E-state index >= 15 is 0 Å². The van der Waals surface area contributed by atoms with Crippen molar-refractivity contribution >= 4 is 15.5 Å². The summed E-state index contributed by atoms with van der Waals surface area (Å²) in [6, 6.07) is 9.37. The van der Waals surface area contributed by atoms with E-state index in [-0.39, 0.29) is 11.8 Å². The van der Waals surface area contributed by atoms with Crippen molar-refractivity contribution in [3.05, 3.63) is 29.8 Å². The fourth-order valence-electron chi connectivity index (χ4n) is 1.59. The number of nitrogens with one attached hydrogen (secondary N) is 1.